The largest absolute Gasteiger partial charge is 0.392 e. The molecule has 0 spiro atoms. The molecule has 1 fully saturated rings. The van der Waals surface area contributed by atoms with Crippen LogP contribution in [0, 0.1) is 6.92 Å². The summed E-state index contributed by atoms with van der Waals surface area (Å²) in [6.45, 7) is 15.0. The highest BCUT2D eigenvalue weighted by Crippen LogP contribution is 2.24. The van der Waals surface area contributed by atoms with Crippen LogP contribution in [0.15, 0.2) is 48.5 Å². The zero-order chi connectivity index (χ0) is 16.1. The quantitative estimate of drug-likeness (QED) is 0.596. The van der Waals surface area contributed by atoms with Crippen molar-refractivity contribution in [2.75, 3.05) is 6.54 Å². The van der Waals surface area contributed by atoms with Gasteiger partial charge in [-0.2, -0.15) is 0 Å². The highest BCUT2D eigenvalue weighted by Gasteiger charge is 2.23. The number of hydrogen-bond donors (Lipinski definition) is 2. The normalized spacial score (nSPS) is 21.4. The van der Waals surface area contributed by atoms with Gasteiger partial charge in [0.1, 0.15) is 0 Å². The van der Waals surface area contributed by atoms with Gasteiger partial charge in [-0.3, -0.25) is 0 Å². The Morgan fingerprint density at radius 2 is 2.18 bits per heavy atom. The Labute approximate surface area is 136 Å². The Morgan fingerprint density at radius 1 is 1.41 bits per heavy atom. The van der Waals surface area contributed by atoms with Crippen LogP contribution in [0.1, 0.15) is 29.8 Å². The number of nitrogens with one attached hydrogen (secondary N) is 1. The minimum absolute atomic E-state index is 0.238. The maximum Gasteiger partial charge on any atom is 0.0801 e. The molecule has 1 aliphatic heterocycles. The summed E-state index contributed by atoms with van der Waals surface area (Å²) in [5.74, 6) is 0. The van der Waals surface area contributed by atoms with Gasteiger partial charge < -0.3 is 10.4 Å². The molecule has 4 heteroatoms. The van der Waals surface area contributed by atoms with Crippen LogP contribution in [0.3, 0.4) is 0 Å². The topological polar surface area (TPSA) is 45.2 Å². The molecule has 0 aromatic carbocycles. The highest BCUT2D eigenvalue weighted by molar-refractivity contribution is 7.11. The Balaban J connectivity index is 1.78. The third-order valence-corrected chi connectivity index (χ3v) is 4.93. The molecule has 2 atom stereocenters. The maximum absolute atomic E-state index is 9.54. The lowest BCUT2D eigenvalue weighted by Gasteiger charge is -2.13. The van der Waals surface area contributed by atoms with E-state index in [1.54, 1.807) is 11.3 Å². The minimum atomic E-state index is -0.240. The fraction of sp³-hybridized carbons (Fsp3) is 0.389. The number of hydrogen-bond acceptors (Lipinski definition) is 4. The van der Waals surface area contributed by atoms with E-state index < -0.39 is 0 Å². The first-order valence-corrected chi connectivity index (χ1v) is 8.39. The molecular weight excluding hydrogens is 292 g/mol. The third kappa shape index (κ3) is 4.50. The van der Waals surface area contributed by atoms with E-state index in [0.29, 0.717) is 6.54 Å². The predicted octanol–water partition coefficient (Wildman–Crippen LogP) is 3.64. The summed E-state index contributed by atoms with van der Waals surface area (Å²) in [6, 6.07) is 0.238. The lowest BCUT2D eigenvalue weighted by atomic mass is 9.99. The van der Waals surface area contributed by atoms with Gasteiger partial charge in [-0.05, 0) is 31.8 Å². The second-order valence-corrected chi connectivity index (χ2v) is 6.65. The van der Waals surface area contributed by atoms with Crippen molar-refractivity contribution in [3.8, 4) is 0 Å². The number of β-amino-alcohol motifs (C(OH)–C–C–N with tert-alkyl or cyclic N) is 1. The van der Waals surface area contributed by atoms with Crippen molar-refractivity contribution >= 4 is 16.9 Å². The molecular formula is C18H24N2OS. The number of aromatic nitrogens is 1. The van der Waals surface area contributed by atoms with E-state index in [4.69, 9.17) is 0 Å². The van der Waals surface area contributed by atoms with Crippen molar-refractivity contribution in [2.45, 2.75) is 38.3 Å². The lowest BCUT2D eigenvalue weighted by Crippen LogP contribution is -2.23. The summed E-state index contributed by atoms with van der Waals surface area (Å²) in [6.07, 6.45) is 6.31. The average molecular weight is 316 g/mol. The molecule has 0 amide bonds. The summed E-state index contributed by atoms with van der Waals surface area (Å²) in [5.41, 5.74) is 6.03. The summed E-state index contributed by atoms with van der Waals surface area (Å²) in [7, 11) is 0. The Hall–Kier alpha value is -1.49. The first-order valence-electron chi connectivity index (χ1n) is 7.51. The van der Waals surface area contributed by atoms with Gasteiger partial charge in [0.2, 0.25) is 0 Å². The number of thiazole rings is 1. The standard InChI is InChI=1S/C18H24N2OS/c1-12(5-7-13(2)17-9-16(21)10-19-17)6-8-14(3)18-15(4)20-11-22-18/h6,8,11,16-17,19,21H,1-3,5,7,9-10H2,4H3/b8-6-. The van der Waals surface area contributed by atoms with Gasteiger partial charge in [-0.1, -0.05) is 43.0 Å². The van der Waals surface area contributed by atoms with Crippen molar-refractivity contribution in [1.82, 2.24) is 10.3 Å². The van der Waals surface area contributed by atoms with Crippen LogP contribution in [0.25, 0.3) is 5.57 Å². The van der Waals surface area contributed by atoms with Crippen molar-refractivity contribution in [2.24, 2.45) is 0 Å². The number of aliphatic hydroxyl groups is 1. The van der Waals surface area contributed by atoms with Gasteiger partial charge in [0.15, 0.2) is 0 Å². The molecule has 1 aromatic heterocycles. The number of aryl methyl sites for hydroxylation is 1. The van der Waals surface area contributed by atoms with Gasteiger partial charge >= 0.3 is 0 Å². The molecule has 2 heterocycles. The smallest absolute Gasteiger partial charge is 0.0801 e. The lowest BCUT2D eigenvalue weighted by molar-refractivity contribution is 0.194. The fourth-order valence-electron chi connectivity index (χ4n) is 2.51. The molecule has 0 bridgehead atoms. The van der Waals surface area contributed by atoms with Gasteiger partial charge in [-0.25, -0.2) is 4.98 Å². The van der Waals surface area contributed by atoms with E-state index in [9.17, 15) is 5.11 Å². The van der Waals surface area contributed by atoms with Gasteiger partial charge in [0, 0.05) is 12.6 Å². The molecule has 22 heavy (non-hydrogen) atoms. The van der Waals surface area contributed by atoms with E-state index in [1.807, 2.05) is 24.6 Å². The van der Waals surface area contributed by atoms with Crippen LogP contribution in [0.2, 0.25) is 0 Å². The molecule has 3 nitrogen and oxygen atoms in total. The van der Waals surface area contributed by atoms with Crippen LogP contribution < -0.4 is 5.32 Å². The van der Waals surface area contributed by atoms with E-state index in [-0.39, 0.29) is 12.1 Å². The Kier molecular flexibility index (Phi) is 5.89. The third-order valence-electron chi connectivity index (χ3n) is 3.93. The van der Waals surface area contributed by atoms with Gasteiger partial charge in [0.25, 0.3) is 0 Å². The molecule has 1 saturated heterocycles. The van der Waals surface area contributed by atoms with Gasteiger partial charge in [0.05, 0.1) is 22.2 Å². The molecule has 1 aliphatic rings. The zero-order valence-electron chi connectivity index (χ0n) is 13.1. The van der Waals surface area contributed by atoms with E-state index in [1.165, 1.54) is 0 Å². The monoisotopic (exact) mass is 316 g/mol. The molecule has 2 N–H and O–H groups in total. The summed E-state index contributed by atoms with van der Waals surface area (Å²) >= 11 is 1.61. The second kappa shape index (κ2) is 7.68. The Bertz CT molecular complexity index is 600. The van der Waals surface area contributed by atoms with E-state index in [0.717, 1.165) is 46.6 Å². The first-order chi connectivity index (χ1) is 10.5. The molecule has 2 rings (SSSR count). The van der Waals surface area contributed by atoms with Gasteiger partial charge in [-0.15, -0.1) is 11.3 Å². The number of aliphatic hydroxyl groups excluding tert-OH is 1. The highest BCUT2D eigenvalue weighted by atomic mass is 32.1. The average Bonchev–Trinajstić information content (AvgIpc) is 3.10. The molecule has 0 saturated carbocycles. The van der Waals surface area contributed by atoms with E-state index in [2.05, 4.69) is 30.0 Å². The maximum atomic E-state index is 9.54. The fourth-order valence-corrected chi connectivity index (χ4v) is 3.27. The SMILES string of the molecule is C=C(/C=C\C(=C)c1scnc1C)CCC(=C)C1CC(O)CN1. The number of nitrogens with zero attached hydrogens (tertiary/aromatic N) is 1. The van der Waals surface area contributed by atoms with Crippen LogP contribution in [-0.4, -0.2) is 28.8 Å². The molecule has 118 valence electrons. The van der Waals surface area contributed by atoms with Crippen LogP contribution in [-0.2, 0) is 0 Å². The summed E-state index contributed by atoms with van der Waals surface area (Å²) < 4.78 is 0. The summed E-state index contributed by atoms with van der Waals surface area (Å²) in [5, 5.41) is 12.8. The van der Waals surface area contributed by atoms with Crippen molar-refractivity contribution < 1.29 is 5.11 Å². The van der Waals surface area contributed by atoms with Crippen LogP contribution in [0.4, 0.5) is 0 Å². The van der Waals surface area contributed by atoms with Crippen molar-refractivity contribution in [3.05, 3.63) is 59.1 Å². The van der Waals surface area contributed by atoms with Crippen LogP contribution >= 0.6 is 11.3 Å². The molecule has 1 aromatic rings. The van der Waals surface area contributed by atoms with Crippen LogP contribution in [0.5, 0.6) is 0 Å². The van der Waals surface area contributed by atoms with E-state index >= 15 is 0 Å². The number of allylic oxidation sites excluding steroid dienone is 4. The van der Waals surface area contributed by atoms with Crippen molar-refractivity contribution in [1.29, 1.82) is 0 Å². The second-order valence-electron chi connectivity index (χ2n) is 5.79. The molecule has 2 unspecified atom stereocenters. The Morgan fingerprint density at radius 3 is 2.77 bits per heavy atom. The number of rotatable bonds is 7. The minimum Gasteiger partial charge on any atom is -0.392 e. The van der Waals surface area contributed by atoms with Crippen molar-refractivity contribution in [3.63, 3.8) is 0 Å². The first kappa shape index (κ1) is 16.9. The predicted molar refractivity (Wildman–Crippen MR) is 95.0 cm³/mol. The zero-order valence-corrected chi connectivity index (χ0v) is 14.0. The molecule has 0 aliphatic carbocycles. The summed E-state index contributed by atoms with van der Waals surface area (Å²) in [4.78, 5) is 5.36. The molecule has 0 radical (unpaired) electrons.